The zero-order chi connectivity index (χ0) is 18.8. The molecule has 27 heavy (non-hydrogen) atoms. The van der Waals surface area contributed by atoms with Crippen molar-refractivity contribution in [1.82, 2.24) is 14.9 Å². The number of amides is 1. The summed E-state index contributed by atoms with van der Waals surface area (Å²) in [5, 5.41) is 4.63. The van der Waals surface area contributed by atoms with Gasteiger partial charge in [0.05, 0.1) is 0 Å². The van der Waals surface area contributed by atoms with E-state index in [0.29, 0.717) is 12.1 Å². The molecular formula is C22H26N4O. The number of aryl methyl sites for hydroxylation is 2. The molecule has 2 N–H and O–H groups in total. The van der Waals surface area contributed by atoms with Crippen LogP contribution < -0.4 is 5.32 Å². The average molecular weight is 362 g/mol. The van der Waals surface area contributed by atoms with Crippen LogP contribution in [-0.4, -0.2) is 33.9 Å². The van der Waals surface area contributed by atoms with Gasteiger partial charge in [0.25, 0.3) is 5.91 Å². The Morgan fingerprint density at radius 1 is 1.22 bits per heavy atom. The van der Waals surface area contributed by atoms with E-state index >= 15 is 0 Å². The molecule has 1 aromatic carbocycles. The van der Waals surface area contributed by atoms with Gasteiger partial charge < -0.3 is 15.2 Å². The van der Waals surface area contributed by atoms with Crippen LogP contribution in [0.25, 0.3) is 10.9 Å². The highest BCUT2D eigenvalue weighted by Crippen LogP contribution is 2.24. The van der Waals surface area contributed by atoms with Gasteiger partial charge in [0.1, 0.15) is 5.82 Å². The van der Waals surface area contributed by atoms with Crippen molar-refractivity contribution in [1.29, 1.82) is 0 Å². The van der Waals surface area contributed by atoms with E-state index in [4.69, 9.17) is 0 Å². The zero-order valence-corrected chi connectivity index (χ0v) is 16.0. The van der Waals surface area contributed by atoms with E-state index < -0.39 is 0 Å². The van der Waals surface area contributed by atoms with Crippen molar-refractivity contribution in [3.05, 3.63) is 58.9 Å². The van der Waals surface area contributed by atoms with Gasteiger partial charge in [-0.05, 0) is 61.6 Å². The molecule has 0 saturated carbocycles. The number of likely N-dealkylation sites (tertiary alicyclic amines) is 1. The van der Waals surface area contributed by atoms with Crippen LogP contribution in [0.5, 0.6) is 0 Å². The number of hydrogen-bond donors (Lipinski definition) is 2. The molecule has 5 heteroatoms. The van der Waals surface area contributed by atoms with Gasteiger partial charge in [-0.25, -0.2) is 4.98 Å². The molecule has 1 fully saturated rings. The lowest BCUT2D eigenvalue weighted by atomic mass is 10.1. The van der Waals surface area contributed by atoms with Crippen LogP contribution in [0, 0.1) is 6.92 Å². The molecule has 0 atom stereocenters. The lowest BCUT2D eigenvalue weighted by molar-refractivity contribution is 0.0793. The number of aromatic amines is 1. The van der Waals surface area contributed by atoms with Gasteiger partial charge in [-0.2, -0.15) is 0 Å². The molecule has 140 valence electrons. The minimum absolute atomic E-state index is 0.106. The first kappa shape index (κ1) is 17.6. The minimum Gasteiger partial charge on any atom is -0.366 e. The van der Waals surface area contributed by atoms with Gasteiger partial charge in [-0.3, -0.25) is 4.79 Å². The number of benzene rings is 1. The summed E-state index contributed by atoms with van der Waals surface area (Å²) in [5.41, 5.74) is 5.71. The van der Waals surface area contributed by atoms with Gasteiger partial charge in [-0.1, -0.05) is 13.0 Å². The van der Waals surface area contributed by atoms with E-state index in [1.807, 2.05) is 11.0 Å². The van der Waals surface area contributed by atoms with E-state index in [1.54, 1.807) is 12.3 Å². The number of aromatic nitrogens is 2. The summed E-state index contributed by atoms with van der Waals surface area (Å²) in [4.78, 5) is 22.3. The summed E-state index contributed by atoms with van der Waals surface area (Å²) in [7, 11) is 0. The van der Waals surface area contributed by atoms with E-state index in [-0.39, 0.29) is 5.91 Å². The Bertz CT molecular complexity index is 970. The predicted molar refractivity (Wildman–Crippen MR) is 109 cm³/mol. The van der Waals surface area contributed by atoms with Crippen molar-refractivity contribution < 1.29 is 4.79 Å². The number of H-pyrrole nitrogens is 1. The fraction of sp³-hybridized carbons (Fsp3) is 0.364. The van der Waals surface area contributed by atoms with Crippen molar-refractivity contribution >= 4 is 22.6 Å². The first-order valence-electron chi connectivity index (χ1n) is 9.75. The SMILES string of the molecule is CCc1[nH]c2ccc(CNc3cc(C(=O)N4CCCC4)ccn3)cc2c1C. The van der Waals surface area contributed by atoms with Crippen molar-refractivity contribution in [2.75, 3.05) is 18.4 Å². The molecule has 1 aliphatic rings. The highest BCUT2D eigenvalue weighted by Gasteiger charge is 2.19. The number of pyridine rings is 1. The van der Waals surface area contributed by atoms with Crippen LogP contribution in [0.15, 0.2) is 36.5 Å². The molecule has 0 unspecified atom stereocenters. The number of nitrogens with one attached hydrogen (secondary N) is 2. The Labute approximate surface area is 159 Å². The van der Waals surface area contributed by atoms with Gasteiger partial charge in [0.15, 0.2) is 0 Å². The number of anilines is 1. The molecule has 0 spiro atoms. The molecule has 0 radical (unpaired) electrons. The molecule has 1 aliphatic heterocycles. The van der Waals surface area contributed by atoms with Crippen LogP contribution >= 0.6 is 0 Å². The maximum absolute atomic E-state index is 12.6. The number of rotatable bonds is 5. The summed E-state index contributed by atoms with van der Waals surface area (Å²) < 4.78 is 0. The van der Waals surface area contributed by atoms with Crippen LogP contribution in [0.1, 0.15) is 46.9 Å². The highest BCUT2D eigenvalue weighted by molar-refractivity contribution is 5.95. The fourth-order valence-electron chi connectivity index (χ4n) is 3.85. The van der Waals surface area contributed by atoms with Crippen LogP contribution in [-0.2, 0) is 13.0 Å². The van der Waals surface area contributed by atoms with Crippen molar-refractivity contribution in [2.24, 2.45) is 0 Å². The quantitative estimate of drug-likeness (QED) is 0.712. The molecule has 3 heterocycles. The molecular weight excluding hydrogens is 336 g/mol. The van der Waals surface area contributed by atoms with Crippen LogP contribution in [0.4, 0.5) is 5.82 Å². The van der Waals surface area contributed by atoms with Crippen LogP contribution in [0.2, 0.25) is 0 Å². The van der Waals surface area contributed by atoms with E-state index in [2.05, 4.69) is 47.3 Å². The standard InChI is InChI=1S/C22H26N4O/c1-3-19-15(2)18-12-16(6-7-20(18)25-19)14-24-21-13-17(8-9-23-21)22(27)26-10-4-5-11-26/h6-9,12-13,25H,3-5,10-11,14H2,1-2H3,(H,23,24). The summed E-state index contributed by atoms with van der Waals surface area (Å²) in [6.07, 6.45) is 4.92. The highest BCUT2D eigenvalue weighted by atomic mass is 16.2. The number of hydrogen-bond acceptors (Lipinski definition) is 3. The maximum Gasteiger partial charge on any atom is 0.254 e. The Balaban J connectivity index is 1.48. The number of nitrogens with zero attached hydrogens (tertiary/aromatic N) is 2. The minimum atomic E-state index is 0.106. The summed E-state index contributed by atoms with van der Waals surface area (Å²) in [5.74, 6) is 0.842. The van der Waals surface area contributed by atoms with Crippen molar-refractivity contribution in [2.45, 2.75) is 39.7 Å². The Morgan fingerprint density at radius 2 is 2.04 bits per heavy atom. The lowest BCUT2D eigenvalue weighted by Gasteiger charge is -2.15. The first-order chi connectivity index (χ1) is 13.2. The Morgan fingerprint density at radius 3 is 2.81 bits per heavy atom. The molecule has 0 bridgehead atoms. The third-order valence-electron chi connectivity index (χ3n) is 5.45. The largest absolute Gasteiger partial charge is 0.366 e. The lowest BCUT2D eigenvalue weighted by Crippen LogP contribution is -2.27. The maximum atomic E-state index is 12.6. The van der Waals surface area contributed by atoms with Crippen molar-refractivity contribution in [3.8, 4) is 0 Å². The van der Waals surface area contributed by atoms with E-state index in [1.165, 1.54) is 27.7 Å². The topological polar surface area (TPSA) is 61.0 Å². The Kier molecular flexibility index (Phi) is 4.84. The summed E-state index contributed by atoms with van der Waals surface area (Å²) >= 11 is 0. The summed E-state index contributed by atoms with van der Waals surface area (Å²) in [6, 6.07) is 10.2. The second-order valence-electron chi connectivity index (χ2n) is 7.24. The molecule has 1 saturated heterocycles. The third kappa shape index (κ3) is 3.54. The van der Waals surface area contributed by atoms with Gasteiger partial charge in [-0.15, -0.1) is 0 Å². The zero-order valence-electron chi connectivity index (χ0n) is 16.0. The summed E-state index contributed by atoms with van der Waals surface area (Å²) in [6.45, 7) is 6.74. The third-order valence-corrected chi connectivity index (χ3v) is 5.45. The van der Waals surface area contributed by atoms with E-state index in [0.717, 1.165) is 38.2 Å². The number of carbonyl (C=O) groups excluding carboxylic acids is 1. The number of carbonyl (C=O) groups is 1. The second-order valence-corrected chi connectivity index (χ2v) is 7.24. The second kappa shape index (κ2) is 7.43. The molecule has 3 aromatic rings. The molecule has 4 rings (SSSR count). The molecule has 2 aromatic heterocycles. The first-order valence-corrected chi connectivity index (χ1v) is 9.75. The predicted octanol–water partition coefficient (Wildman–Crippen LogP) is 4.28. The van der Waals surface area contributed by atoms with Crippen molar-refractivity contribution in [3.63, 3.8) is 0 Å². The van der Waals surface area contributed by atoms with Crippen LogP contribution in [0.3, 0.4) is 0 Å². The molecule has 0 aliphatic carbocycles. The number of fused-ring (bicyclic) bond motifs is 1. The smallest absolute Gasteiger partial charge is 0.254 e. The normalized spacial score (nSPS) is 14.1. The molecule has 1 amide bonds. The monoisotopic (exact) mass is 362 g/mol. The molecule has 5 nitrogen and oxygen atoms in total. The Hall–Kier alpha value is -2.82. The van der Waals surface area contributed by atoms with Gasteiger partial charge >= 0.3 is 0 Å². The van der Waals surface area contributed by atoms with E-state index in [9.17, 15) is 4.79 Å². The van der Waals surface area contributed by atoms with Gasteiger partial charge in [0.2, 0.25) is 0 Å². The van der Waals surface area contributed by atoms with Gasteiger partial charge in [0, 0.05) is 48.0 Å². The fourth-order valence-corrected chi connectivity index (χ4v) is 3.85. The average Bonchev–Trinajstić information content (AvgIpc) is 3.34.